The topological polar surface area (TPSA) is 52.0 Å². The molecule has 0 aliphatic rings. The maximum absolute atomic E-state index is 6.03. The first-order valence-corrected chi connectivity index (χ1v) is 10.4. The summed E-state index contributed by atoms with van der Waals surface area (Å²) >= 11 is 0. The van der Waals surface area contributed by atoms with Crippen LogP contribution in [0.2, 0.25) is 0 Å². The molecule has 0 radical (unpaired) electrons. The number of nitrogen functional groups attached to an aromatic ring is 2. The van der Waals surface area contributed by atoms with Crippen LogP contribution in [-0.2, 0) is 6.42 Å². The number of rotatable bonds is 12. The molecule has 27 heavy (non-hydrogen) atoms. The van der Waals surface area contributed by atoms with Crippen LogP contribution in [0, 0.1) is 0 Å². The fourth-order valence-electron chi connectivity index (χ4n) is 3.57. The Labute approximate surface area is 189 Å². The van der Waals surface area contributed by atoms with Crippen LogP contribution in [-0.4, -0.2) is 0 Å². The van der Waals surface area contributed by atoms with E-state index in [2.05, 4.69) is 31.2 Å². The zero-order valence-electron chi connectivity index (χ0n) is 18.5. The molecule has 0 aliphatic heterocycles. The van der Waals surface area contributed by atoms with Gasteiger partial charge in [-0.3, -0.25) is 0 Å². The van der Waals surface area contributed by atoms with Gasteiger partial charge in [0.1, 0.15) is 0 Å². The summed E-state index contributed by atoms with van der Waals surface area (Å²) in [5.74, 6) is 0. The third kappa shape index (κ3) is 9.19. The van der Waals surface area contributed by atoms with Crippen LogP contribution < -0.4 is 41.0 Å². The Morgan fingerprint density at radius 3 is 1.78 bits per heavy atom. The van der Waals surface area contributed by atoms with Crippen LogP contribution in [0.4, 0.5) is 11.4 Å². The SMILES string of the molecule is CCCCCCCCCCCCc1cc(N)ccc1-c1ccc(N)cc1.[H-].[Na+]. The molecular weight excluding hydrogens is 339 g/mol. The molecule has 0 aromatic heterocycles. The smallest absolute Gasteiger partial charge is 1.00 e. The van der Waals surface area contributed by atoms with Gasteiger partial charge < -0.3 is 12.9 Å². The number of nitrogens with two attached hydrogens (primary N) is 2. The Kier molecular flexibility index (Phi) is 12.6. The molecule has 2 aromatic carbocycles. The Bertz CT molecular complexity index is 644. The van der Waals surface area contributed by atoms with Crippen molar-refractivity contribution >= 4 is 11.4 Å². The number of hydrogen-bond donors (Lipinski definition) is 2. The zero-order chi connectivity index (χ0) is 18.6. The summed E-state index contributed by atoms with van der Waals surface area (Å²) in [7, 11) is 0. The van der Waals surface area contributed by atoms with Crippen LogP contribution in [0.15, 0.2) is 42.5 Å². The molecule has 0 amide bonds. The van der Waals surface area contributed by atoms with E-state index >= 15 is 0 Å². The summed E-state index contributed by atoms with van der Waals surface area (Å²) in [4.78, 5) is 0. The van der Waals surface area contributed by atoms with Gasteiger partial charge >= 0.3 is 29.6 Å². The number of unbranched alkanes of at least 4 members (excludes halogenated alkanes) is 9. The van der Waals surface area contributed by atoms with E-state index in [0.717, 1.165) is 17.8 Å². The molecule has 3 heteroatoms. The fraction of sp³-hybridized carbons (Fsp3) is 0.500. The minimum Gasteiger partial charge on any atom is -1.00 e. The van der Waals surface area contributed by atoms with Crippen LogP contribution in [0.25, 0.3) is 11.1 Å². The van der Waals surface area contributed by atoms with Crippen molar-refractivity contribution in [3.05, 3.63) is 48.0 Å². The van der Waals surface area contributed by atoms with Crippen molar-refractivity contribution in [3.8, 4) is 11.1 Å². The molecule has 0 heterocycles. The van der Waals surface area contributed by atoms with Crippen molar-refractivity contribution in [2.45, 2.75) is 77.6 Å². The van der Waals surface area contributed by atoms with Gasteiger partial charge in [-0.2, -0.15) is 0 Å². The van der Waals surface area contributed by atoms with E-state index in [1.54, 1.807) is 0 Å². The Balaban J connectivity index is 0.00000364. The first kappa shape index (κ1) is 24.1. The molecule has 2 rings (SSSR count). The van der Waals surface area contributed by atoms with Crippen molar-refractivity contribution in [1.82, 2.24) is 0 Å². The Hall–Kier alpha value is -0.960. The van der Waals surface area contributed by atoms with Crippen LogP contribution in [0.5, 0.6) is 0 Å². The molecule has 0 bridgehead atoms. The van der Waals surface area contributed by atoms with Crippen LogP contribution >= 0.6 is 0 Å². The molecule has 2 nitrogen and oxygen atoms in total. The van der Waals surface area contributed by atoms with Gasteiger partial charge in [0.2, 0.25) is 0 Å². The summed E-state index contributed by atoms with van der Waals surface area (Å²) in [6, 6.07) is 14.4. The molecule has 0 aliphatic carbocycles. The third-order valence-corrected chi connectivity index (χ3v) is 5.15. The first-order chi connectivity index (χ1) is 12.7. The van der Waals surface area contributed by atoms with E-state index in [9.17, 15) is 0 Å². The number of benzene rings is 2. The molecule has 0 atom stereocenters. The van der Waals surface area contributed by atoms with Crippen LogP contribution in [0.1, 0.15) is 78.1 Å². The van der Waals surface area contributed by atoms with Gasteiger partial charge in [0.05, 0.1) is 0 Å². The van der Waals surface area contributed by atoms with Gasteiger partial charge in [-0.15, -0.1) is 0 Å². The van der Waals surface area contributed by atoms with Gasteiger partial charge in [-0.05, 0) is 53.8 Å². The fourth-order valence-corrected chi connectivity index (χ4v) is 3.57. The molecule has 0 unspecified atom stereocenters. The summed E-state index contributed by atoms with van der Waals surface area (Å²) in [6.45, 7) is 2.28. The zero-order valence-corrected chi connectivity index (χ0v) is 19.5. The third-order valence-electron chi connectivity index (χ3n) is 5.15. The van der Waals surface area contributed by atoms with Gasteiger partial charge in [0, 0.05) is 11.4 Å². The van der Waals surface area contributed by atoms with E-state index in [1.807, 2.05) is 18.2 Å². The van der Waals surface area contributed by atoms with E-state index in [4.69, 9.17) is 11.5 Å². The second-order valence-electron chi connectivity index (χ2n) is 7.47. The number of anilines is 2. The second kappa shape index (κ2) is 14.1. The minimum atomic E-state index is 0. The molecule has 0 spiro atoms. The monoisotopic (exact) mass is 376 g/mol. The Morgan fingerprint density at radius 2 is 1.19 bits per heavy atom. The molecular formula is C24H37N2Na. The summed E-state index contributed by atoms with van der Waals surface area (Å²) in [5, 5.41) is 0. The van der Waals surface area contributed by atoms with Crippen molar-refractivity contribution in [3.63, 3.8) is 0 Å². The molecule has 0 saturated heterocycles. The molecule has 0 fully saturated rings. The standard InChI is InChI=1S/C24H36N2.Na.H/c1-2-3-4-5-6-7-8-9-10-11-12-21-19-23(26)17-18-24(21)20-13-15-22(25)16-14-20;;/h13-19H,2-12,25-26H2,1H3;;/q;+1;-1. The molecule has 0 saturated carbocycles. The summed E-state index contributed by atoms with van der Waals surface area (Å²) < 4.78 is 0. The largest absolute Gasteiger partial charge is 1.00 e. The molecule has 2 aromatic rings. The second-order valence-corrected chi connectivity index (χ2v) is 7.47. The summed E-state index contributed by atoms with van der Waals surface area (Å²) in [5.41, 5.74) is 17.4. The average molecular weight is 377 g/mol. The van der Waals surface area contributed by atoms with Gasteiger partial charge in [-0.1, -0.05) is 82.9 Å². The van der Waals surface area contributed by atoms with E-state index in [1.165, 1.54) is 80.9 Å². The predicted octanol–water partition coefficient (Wildman–Crippen LogP) is 4.10. The Morgan fingerprint density at radius 1 is 0.667 bits per heavy atom. The van der Waals surface area contributed by atoms with Crippen molar-refractivity contribution < 1.29 is 31.0 Å². The van der Waals surface area contributed by atoms with Crippen molar-refractivity contribution in [2.75, 3.05) is 11.5 Å². The predicted molar refractivity (Wildman–Crippen MR) is 117 cm³/mol. The first-order valence-electron chi connectivity index (χ1n) is 10.4. The van der Waals surface area contributed by atoms with Crippen molar-refractivity contribution in [2.24, 2.45) is 0 Å². The molecule has 4 N–H and O–H groups in total. The maximum atomic E-state index is 6.03. The number of aryl methyl sites for hydroxylation is 1. The van der Waals surface area contributed by atoms with Gasteiger partial charge in [-0.25, -0.2) is 0 Å². The average Bonchev–Trinajstić information content (AvgIpc) is 2.64. The van der Waals surface area contributed by atoms with Gasteiger partial charge in [0.25, 0.3) is 0 Å². The minimum absolute atomic E-state index is 0. The van der Waals surface area contributed by atoms with Crippen LogP contribution in [0.3, 0.4) is 0 Å². The summed E-state index contributed by atoms with van der Waals surface area (Å²) in [6.07, 6.45) is 14.8. The van der Waals surface area contributed by atoms with E-state index in [0.29, 0.717) is 0 Å². The molecule has 144 valence electrons. The number of hydrogen-bond acceptors (Lipinski definition) is 2. The van der Waals surface area contributed by atoms with E-state index < -0.39 is 0 Å². The normalized spacial score (nSPS) is 10.6. The quantitative estimate of drug-likeness (QED) is 0.333. The maximum Gasteiger partial charge on any atom is 1.00 e. The van der Waals surface area contributed by atoms with Gasteiger partial charge in [0.15, 0.2) is 0 Å². The van der Waals surface area contributed by atoms with E-state index in [-0.39, 0.29) is 31.0 Å². The van der Waals surface area contributed by atoms with Crippen molar-refractivity contribution in [1.29, 1.82) is 0 Å².